The largest absolute Gasteiger partial charge is 0.362 e. The van der Waals surface area contributed by atoms with E-state index < -0.39 is 5.60 Å². The SMILES string of the molecule is CC(N(C)C=N)C1(c2ccc(P)cc2F)CO1. The summed E-state index contributed by atoms with van der Waals surface area (Å²) in [5, 5.41) is 8.06. The minimum atomic E-state index is -0.602. The van der Waals surface area contributed by atoms with Crippen LogP contribution in [-0.2, 0) is 10.3 Å². The molecule has 0 amide bonds. The van der Waals surface area contributed by atoms with E-state index in [1.54, 1.807) is 18.0 Å². The van der Waals surface area contributed by atoms with Gasteiger partial charge in [-0.05, 0) is 18.3 Å². The summed E-state index contributed by atoms with van der Waals surface area (Å²) < 4.78 is 19.4. The normalized spacial score (nSPS) is 24.2. The van der Waals surface area contributed by atoms with Crippen molar-refractivity contribution in [3.8, 4) is 0 Å². The third-order valence-corrected chi connectivity index (χ3v) is 3.75. The number of benzene rings is 1. The number of halogens is 1. The Balaban J connectivity index is 2.35. The molecule has 0 aromatic heterocycles. The highest BCUT2D eigenvalue weighted by Crippen LogP contribution is 2.44. The van der Waals surface area contributed by atoms with E-state index in [0.29, 0.717) is 12.2 Å². The zero-order valence-electron chi connectivity index (χ0n) is 9.90. The number of rotatable bonds is 4. The molecule has 17 heavy (non-hydrogen) atoms. The lowest BCUT2D eigenvalue weighted by Crippen LogP contribution is -2.39. The van der Waals surface area contributed by atoms with Crippen molar-refractivity contribution < 1.29 is 9.13 Å². The van der Waals surface area contributed by atoms with Crippen molar-refractivity contribution in [2.75, 3.05) is 13.7 Å². The standard InChI is InChI=1S/C12H16FN2OP/c1-8(15(2)7-14)12(6-16-12)10-4-3-9(17)5-11(10)13/h3-5,7-8,14H,6,17H2,1-2H3. The maximum atomic E-state index is 13.9. The third-order valence-electron chi connectivity index (χ3n) is 3.39. The van der Waals surface area contributed by atoms with Gasteiger partial charge in [0.2, 0.25) is 0 Å². The fourth-order valence-corrected chi connectivity index (χ4v) is 2.26. The van der Waals surface area contributed by atoms with Crippen LogP contribution in [0.5, 0.6) is 0 Å². The zero-order valence-corrected chi connectivity index (χ0v) is 11.1. The monoisotopic (exact) mass is 254 g/mol. The molecule has 3 atom stereocenters. The number of ether oxygens (including phenoxy) is 1. The smallest absolute Gasteiger partial charge is 0.139 e. The van der Waals surface area contributed by atoms with Gasteiger partial charge in [-0.25, -0.2) is 4.39 Å². The van der Waals surface area contributed by atoms with Crippen LogP contribution in [0.4, 0.5) is 4.39 Å². The van der Waals surface area contributed by atoms with E-state index in [1.165, 1.54) is 12.4 Å². The molecule has 3 unspecified atom stereocenters. The van der Waals surface area contributed by atoms with Crippen LogP contribution in [0, 0.1) is 11.2 Å². The number of hydrogen-bond donors (Lipinski definition) is 1. The summed E-state index contributed by atoms with van der Waals surface area (Å²) in [6, 6.07) is 5.04. The van der Waals surface area contributed by atoms with Crippen molar-refractivity contribution in [2.45, 2.75) is 18.6 Å². The number of nitrogens with one attached hydrogen (secondary N) is 1. The minimum Gasteiger partial charge on any atom is -0.362 e. The van der Waals surface area contributed by atoms with Gasteiger partial charge >= 0.3 is 0 Å². The summed E-state index contributed by atoms with van der Waals surface area (Å²) >= 11 is 0. The van der Waals surface area contributed by atoms with Crippen molar-refractivity contribution >= 4 is 20.9 Å². The van der Waals surface area contributed by atoms with Crippen molar-refractivity contribution in [1.82, 2.24) is 4.90 Å². The number of epoxide rings is 1. The average Bonchev–Trinajstić information content (AvgIpc) is 3.08. The van der Waals surface area contributed by atoms with Gasteiger partial charge in [-0.3, -0.25) is 5.41 Å². The summed E-state index contributed by atoms with van der Waals surface area (Å²) in [7, 11) is 4.27. The van der Waals surface area contributed by atoms with E-state index in [-0.39, 0.29) is 11.9 Å². The molecule has 5 heteroatoms. The highest BCUT2D eigenvalue weighted by atomic mass is 31.0. The first-order chi connectivity index (χ1) is 8.01. The Morgan fingerprint density at radius 2 is 2.29 bits per heavy atom. The first kappa shape index (κ1) is 12.5. The van der Waals surface area contributed by atoms with E-state index >= 15 is 0 Å². The molecule has 1 aromatic rings. The molecule has 2 rings (SSSR count). The molecule has 1 aliphatic heterocycles. The second-order valence-electron chi connectivity index (χ2n) is 4.39. The second-order valence-corrected chi connectivity index (χ2v) is 5.05. The van der Waals surface area contributed by atoms with Gasteiger partial charge in [-0.2, -0.15) is 0 Å². The fourth-order valence-electron chi connectivity index (χ4n) is 2.01. The van der Waals surface area contributed by atoms with E-state index in [1.807, 2.05) is 13.0 Å². The van der Waals surface area contributed by atoms with Crippen LogP contribution in [0.2, 0.25) is 0 Å². The summed E-state index contributed by atoms with van der Waals surface area (Å²) in [6.45, 7) is 2.44. The van der Waals surface area contributed by atoms with Gasteiger partial charge in [0.25, 0.3) is 0 Å². The van der Waals surface area contributed by atoms with E-state index in [0.717, 1.165) is 5.30 Å². The first-order valence-corrected chi connectivity index (χ1v) is 6.01. The second kappa shape index (κ2) is 4.35. The molecule has 0 spiro atoms. The van der Waals surface area contributed by atoms with Crippen LogP contribution < -0.4 is 5.30 Å². The van der Waals surface area contributed by atoms with Gasteiger partial charge in [0, 0.05) is 12.6 Å². The molecule has 0 radical (unpaired) electrons. The molecular formula is C12H16FN2OP. The van der Waals surface area contributed by atoms with Crippen LogP contribution in [0.25, 0.3) is 0 Å². The Hall–Kier alpha value is -0.990. The Morgan fingerprint density at radius 3 is 2.76 bits per heavy atom. The van der Waals surface area contributed by atoms with Crippen LogP contribution in [0.3, 0.4) is 0 Å². The predicted molar refractivity (Wildman–Crippen MR) is 69.4 cm³/mol. The number of hydrogen-bond acceptors (Lipinski definition) is 2. The lowest BCUT2D eigenvalue weighted by molar-refractivity contribution is 0.194. The molecule has 1 heterocycles. The Kier molecular flexibility index (Phi) is 3.19. The highest BCUT2D eigenvalue weighted by Gasteiger charge is 2.53. The molecule has 0 bridgehead atoms. The number of likely N-dealkylation sites (N-methyl/N-ethyl adjacent to an activating group) is 1. The quantitative estimate of drug-likeness (QED) is 0.382. The third kappa shape index (κ3) is 2.07. The van der Waals surface area contributed by atoms with Crippen LogP contribution in [0.1, 0.15) is 12.5 Å². The lowest BCUT2D eigenvalue weighted by atomic mass is 9.92. The molecule has 1 aliphatic rings. The molecule has 0 aliphatic carbocycles. The predicted octanol–water partition coefficient (Wildman–Crippen LogP) is 1.48. The maximum Gasteiger partial charge on any atom is 0.139 e. The minimum absolute atomic E-state index is 0.0649. The van der Waals surface area contributed by atoms with Crippen LogP contribution in [0.15, 0.2) is 18.2 Å². The average molecular weight is 254 g/mol. The molecule has 0 saturated carbocycles. The first-order valence-electron chi connectivity index (χ1n) is 5.43. The number of nitrogens with zero attached hydrogens (tertiary/aromatic N) is 1. The summed E-state index contributed by atoms with van der Waals surface area (Å²) in [6.07, 6.45) is 1.23. The van der Waals surface area contributed by atoms with Crippen LogP contribution >= 0.6 is 9.24 Å². The van der Waals surface area contributed by atoms with Gasteiger partial charge in [0.15, 0.2) is 0 Å². The molecular weight excluding hydrogens is 238 g/mol. The topological polar surface area (TPSA) is 39.6 Å². The lowest BCUT2D eigenvalue weighted by Gasteiger charge is -2.28. The molecule has 1 N–H and O–H groups in total. The molecule has 1 aromatic carbocycles. The van der Waals surface area contributed by atoms with Gasteiger partial charge in [0.1, 0.15) is 11.4 Å². The summed E-state index contributed by atoms with van der Waals surface area (Å²) in [5.74, 6) is -0.250. The van der Waals surface area contributed by atoms with Crippen molar-refractivity contribution in [1.29, 1.82) is 5.41 Å². The van der Waals surface area contributed by atoms with Crippen molar-refractivity contribution in [3.05, 3.63) is 29.6 Å². The van der Waals surface area contributed by atoms with E-state index in [2.05, 4.69) is 9.24 Å². The van der Waals surface area contributed by atoms with E-state index in [9.17, 15) is 4.39 Å². The van der Waals surface area contributed by atoms with Gasteiger partial charge in [-0.15, -0.1) is 9.24 Å². The molecule has 92 valence electrons. The Labute approximate surface area is 103 Å². The van der Waals surface area contributed by atoms with Crippen LogP contribution in [-0.4, -0.2) is 30.9 Å². The molecule has 3 nitrogen and oxygen atoms in total. The zero-order chi connectivity index (χ0) is 12.6. The van der Waals surface area contributed by atoms with Crippen molar-refractivity contribution in [3.63, 3.8) is 0 Å². The Morgan fingerprint density at radius 1 is 1.65 bits per heavy atom. The summed E-state index contributed by atoms with van der Waals surface area (Å²) in [5.41, 5.74) is -0.0284. The molecule has 1 fully saturated rings. The van der Waals surface area contributed by atoms with Gasteiger partial charge < -0.3 is 9.64 Å². The molecule has 1 saturated heterocycles. The maximum absolute atomic E-state index is 13.9. The highest BCUT2D eigenvalue weighted by molar-refractivity contribution is 7.27. The fraction of sp³-hybridized carbons (Fsp3) is 0.417. The summed E-state index contributed by atoms with van der Waals surface area (Å²) in [4.78, 5) is 1.72. The Bertz CT molecular complexity index is 448. The van der Waals surface area contributed by atoms with Gasteiger partial charge in [0.05, 0.1) is 19.0 Å². The van der Waals surface area contributed by atoms with E-state index in [4.69, 9.17) is 10.1 Å². The van der Waals surface area contributed by atoms with Gasteiger partial charge in [-0.1, -0.05) is 12.1 Å². The van der Waals surface area contributed by atoms with Crippen molar-refractivity contribution in [2.24, 2.45) is 0 Å².